The normalized spacial score (nSPS) is 28.9. The first-order chi connectivity index (χ1) is 10.3. The maximum Gasteiger partial charge on any atom is 0.317 e. The molecule has 0 radical (unpaired) electrons. The van der Waals surface area contributed by atoms with E-state index in [-0.39, 0.29) is 6.03 Å². The number of urea groups is 1. The van der Waals surface area contributed by atoms with Gasteiger partial charge in [0.05, 0.1) is 6.61 Å². The predicted octanol–water partition coefficient (Wildman–Crippen LogP) is 2.94. The van der Waals surface area contributed by atoms with Crippen LogP contribution in [-0.2, 0) is 4.74 Å². The summed E-state index contributed by atoms with van der Waals surface area (Å²) in [6.07, 6.45) is 13.2. The minimum absolute atomic E-state index is 0.0960. The molecule has 1 unspecified atom stereocenters. The number of rotatable bonds is 5. The van der Waals surface area contributed by atoms with E-state index in [9.17, 15) is 4.79 Å². The van der Waals surface area contributed by atoms with Gasteiger partial charge in [-0.3, -0.25) is 0 Å². The zero-order chi connectivity index (χ0) is 14.5. The average molecular weight is 292 g/mol. The van der Waals surface area contributed by atoms with Crippen molar-refractivity contribution in [1.29, 1.82) is 0 Å². The van der Waals surface area contributed by atoms with Crippen LogP contribution < -0.4 is 5.32 Å². The van der Waals surface area contributed by atoms with Crippen LogP contribution in [0.3, 0.4) is 0 Å². The van der Waals surface area contributed by atoms with Gasteiger partial charge in [-0.1, -0.05) is 12.2 Å². The van der Waals surface area contributed by atoms with Crippen LogP contribution in [0.1, 0.15) is 44.9 Å². The molecular formula is C17H28N2O2. The van der Waals surface area contributed by atoms with Crippen molar-refractivity contribution in [3.05, 3.63) is 12.2 Å². The highest BCUT2D eigenvalue weighted by atomic mass is 16.5. The smallest absolute Gasteiger partial charge is 0.317 e. The van der Waals surface area contributed by atoms with Gasteiger partial charge in [-0.2, -0.15) is 0 Å². The third-order valence-electron chi connectivity index (χ3n) is 5.08. The molecule has 2 fully saturated rings. The Morgan fingerprint density at radius 2 is 2.24 bits per heavy atom. The van der Waals surface area contributed by atoms with Crippen LogP contribution in [0.2, 0.25) is 0 Å². The van der Waals surface area contributed by atoms with Crippen molar-refractivity contribution in [3.8, 4) is 0 Å². The minimum atomic E-state index is 0.0960. The maximum absolute atomic E-state index is 12.3. The van der Waals surface area contributed by atoms with E-state index < -0.39 is 0 Å². The molecule has 1 atom stereocenters. The molecule has 0 bridgehead atoms. The fourth-order valence-corrected chi connectivity index (χ4v) is 3.57. The molecule has 0 aromatic rings. The Morgan fingerprint density at radius 3 is 3.00 bits per heavy atom. The fourth-order valence-electron chi connectivity index (χ4n) is 3.57. The van der Waals surface area contributed by atoms with Crippen LogP contribution in [0, 0.1) is 11.3 Å². The largest absolute Gasteiger partial charge is 0.379 e. The van der Waals surface area contributed by atoms with E-state index in [1.165, 1.54) is 32.1 Å². The lowest BCUT2D eigenvalue weighted by atomic mass is 9.71. The topological polar surface area (TPSA) is 41.6 Å². The van der Waals surface area contributed by atoms with E-state index in [0.717, 1.165) is 38.5 Å². The van der Waals surface area contributed by atoms with E-state index in [2.05, 4.69) is 17.5 Å². The van der Waals surface area contributed by atoms with Crippen LogP contribution >= 0.6 is 0 Å². The van der Waals surface area contributed by atoms with Crippen molar-refractivity contribution in [3.63, 3.8) is 0 Å². The Labute approximate surface area is 127 Å². The molecule has 1 spiro atoms. The van der Waals surface area contributed by atoms with E-state index in [1.807, 2.05) is 4.90 Å². The van der Waals surface area contributed by atoms with Gasteiger partial charge in [0.15, 0.2) is 0 Å². The third-order valence-corrected chi connectivity index (χ3v) is 5.08. The van der Waals surface area contributed by atoms with Gasteiger partial charge in [0, 0.05) is 26.2 Å². The van der Waals surface area contributed by atoms with E-state index in [4.69, 9.17) is 4.74 Å². The lowest BCUT2D eigenvalue weighted by Crippen LogP contribution is -2.50. The molecule has 2 amide bonds. The summed E-state index contributed by atoms with van der Waals surface area (Å²) < 4.78 is 5.56. The van der Waals surface area contributed by atoms with Gasteiger partial charge in [-0.05, 0) is 56.3 Å². The molecule has 1 saturated heterocycles. The quantitative estimate of drug-likeness (QED) is 0.625. The molecule has 3 rings (SSSR count). The van der Waals surface area contributed by atoms with Gasteiger partial charge < -0.3 is 15.0 Å². The Bertz CT molecular complexity index is 392. The Kier molecular flexibility index (Phi) is 4.84. The lowest BCUT2D eigenvalue weighted by Gasteiger charge is -2.43. The zero-order valence-corrected chi connectivity index (χ0v) is 13.0. The summed E-state index contributed by atoms with van der Waals surface area (Å²) in [5.74, 6) is 0.794. The van der Waals surface area contributed by atoms with Crippen LogP contribution in [-0.4, -0.2) is 43.8 Å². The number of hydrogen-bond donors (Lipinski definition) is 1. The lowest BCUT2D eigenvalue weighted by molar-refractivity contribution is 0.0919. The number of carbonyl (C=O) groups is 1. The molecule has 21 heavy (non-hydrogen) atoms. The van der Waals surface area contributed by atoms with Gasteiger partial charge in [0.2, 0.25) is 0 Å². The van der Waals surface area contributed by atoms with Crippen molar-refractivity contribution >= 4 is 6.03 Å². The Morgan fingerprint density at radius 1 is 1.33 bits per heavy atom. The van der Waals surface area contributed by atoms with Gasteiger partial charge >= 0.3 is 6.03 Å². The molecule has 0 aromatic carbocycles. The first-order valence-corrected chi connectivity index (χ1v) is 8.53. The van der Waals surface area contributed by atoms with Crippen LogP contribution in [0.5, 0.6) is 0 Å². The molecule has 2 aliphatic carbocycles. The van der Waals surface area contributed by atoms with Gasteiger partial charge in [0.25, 0.3) is 0 Å². The summed E-state index contributed by atoms with van der Waals surface area (Å²) in [5, 5.41) is 3.01. The molecule has 1 saturated carbocycles. The average Bonchev–Trinajstić information content (AvgIpc) is 3.32. The van der Waals surface area contributed by atoms with Crippen LogP contribution in [0.4, 0.5) is 4.79 Å². The van der Waals surface area contributed by atoms with Crippen LogP contribution in [0.25, 0.3) is 0 Å². The molecule has 4 nitrogen and oxygen atoms in total. The number of likely N-dealkylation sites (tertiary alicyclic amines) is 1. The van der Waals surface area contributed by atoms with Gasteiger partial charge in [0.1, 0.15) is 0 Å². The number of carbonyl (C=O) groups excluding carboxylic acids is 1. The van der Waals surface area contributed by atoms with E-state index in [1.54, 1.807) is 0 Å². The maximum atomic E-state index is 12.3. The van der Waals surface area contributed by atoms with Gasteiger partial charge in [-0.25, -0.2) is 4.79 Å². The van der Waals surface area contributed by atoms with Gasteiger partial charge in [-0.15, -0.1) is 0 Å². The number of allylic oxidation sites excluding steroid dienone is 2. The molecular weight excluding hydrogens is 264 g/mol. The molecule has 118 valence electrons. The summed E-state index contributed by atoms with van der Waals surface area (Å²) in [7, 11) is 0. The first-order valence-electron chi connectivity index (χ1n) is 8.53. The number of nitrogens with one attached hydrogen (secondary N) is 1. The van der Waals surface area contributed by atoms with Crippen molar-refractivity contribution in [2.75, 3.05) is 32.8 Å². The van der Waals surface area contributed by atoms with Crippen molar-refractivity contribution in [1.82, 2.24) is 10.2 Å². The van der Waals surface area contributed by atoms with E-state index >= 15 is 0 Å². The summed E-state index contributed by atoms with van der Waals surface area (Å²) in [6, 6.07) is 0.0960. The number of nitrogens with zero attached hydrogens (tertiary/aromatic N) is 1. The summed E-state index contributed by atoms with van der Waals surface area (Å²) in [4.78, 5) is 14.3. The summed E-state index contributed by atoms with van der Waals surface area (Å²) >= 11 is 0. The zero-order valence-electron chi connectivity index (χ0n) is 13.0. The monoisotopic (exact) mass is 292 g/mol. The highest BCUT2D eigenvalue weighted by Gasteiger charge is 2.36. The summed E-state index contributed by atoms with van der Waals surface area (Å²) in [6.45, 7) is 3.97. The third kappa shape index (κ3) is 4.22. The molecule has 4 heteroatoms. The highest BCUT2D eigenvalue weighted by molar-refractivity contribution is 5.74. The van der Waals surface area contributed by atoms with Crippen molar-refractivity contribution in [2.24, 2.45) is 11.3 Å². The second kappa shape index (κ2) is 6.82. The SMILES string of the molecule is O=C(NCCOCC1CC1)N1CCCC2(CC=CCC2)C1. The summed E-state index contributed by atoms with van der Waals surface area (Å²) in [5.41, 5.74) is 0.354. The highest BCUT2D eigenvalue weighted by Crippen LogP contribution is 2.40. The first kappa shape index (κ1) is 14.9. The Hall–Kier alpha value is -1.03. The number of amides is 2. The molecule has 1 N–H and O–H groups in total. The second-order valence-corrected chi connectivity index (χ2v) is 6.99. The van der Waals surface area contributed by atoms with Crippen molar-refractivity contribution < 1.29 is 9.53 Å². The number of hydrogen-bond acceptors (Lipinski definition) is 2. The minimum Gasteiger partial charge on any atom is -0.379 e. The molecule has 1 aliphatic heterocycles. The predicted molar refractivity (Wildman–Crippen MR) is 83.2 cm³/mol. The number of ether oxygens (including phenoxy) is 1. The van der Waals surface area contributed by atoms with Crippen molar-refractivity contribution in [2.45, 2.75) is 44.9 Å². The van der Waals surface area contributed by atoms with E-state index in [0.29, 0.717) is 18.6 Å². The number of piperidine rings is 1. The fraction of sp³-hybridized carbons (Fsp3) is 0.824. The molecule has 0 aromatic heterocycles. The molecule has 1 heterocycles. The van der Waals surface area contributed by atoms with Crippen LogP contribution in [0.15, 0.2) is 12.2 Å². The second-order valence-electron chi connectivity index (χ2n) is 6.99. The Balaban J connectivity index is 1.38. The standard InChI is InChI=1S/C17H28N2O2/c20-16(18-10-12-21-13-15-5-6-15)19-11-4-9-17(14-19)7-2-1-3-8-17/h1-2,15H,3-14H2,(H,18,20). The molecule has 3 aliphatic rings.